The van der Waals surface area contributed by atoms with Crippen LogP contribution in [0.2, 0.25) is 10.0 Å². The molecule has 0 saturated heterocycles. The van der Waals surface area contributed by atoms with Crippen molar-refractivity contribution in [2.45, 2.75) is 58.1 Å². The number of hydrogen-bond donors (Lipinski definition) is 1. The number of nitrogens with zero attached hydrogens (tertiary/aromatic N) is 2. The van der Waals surface area contributed by atoms with Gasteiger partial charge >= 0.3 is 0 Å². The topological polar surface area (TPSA) is 86.8 Å². The van der Waals surface area contributed by atoms with Crippen LogP contribution >= 0.6 is 23.2 Å². The summed E-state index contributed by atoms with van der Waals surface area (Å²) >= 11 is 12.8. The first-order valence-electron chi connectivity index (χ1n) is 12.5. The van der Waals surface area contributed by atoms with Gasteiger partial charge in [-0.25, -0.2) is 8.42 Å². The highest BCUT2D eigenvalue weighted by Gasteiger charge is 2.33. The monoisotopic (exact) mass is 589 g/mol. The summed E-state index contributed by atoms with van der Waals surface area (Å²) in [6.07, 6.45) is 0. The first-order chi connectivity index (χ1) is 18.3. The lowest BCUT2D eigenvalue weighted by Crippen LogP contribution is -2.52. The molecule has 10 heteroatoms. The molecule has 3 aromatic rings. The Morgan fingerprint density at radius 2 is 1.51 bits per heavy atom. The van der Waals surface area contributed by atoms with Gasteiger partial charge in [0, 0.05) is 28.2 Å². The Labute approximate surface area is 240 Å². The first-order valence-corrected chi connectivity index (χ1v) is 14.7. The molecule has 0 radical (unpaired) electrons. The lowest BCUT2D eigenvalue weighted by atomic mass is 10.1. The summed E-state index contributed by atoms with van der Waals surface area (Å²) in [5.74, 6) is -0.970. The van der Waals surface area contributed by atoms with Crippen LogP contribution in [0.4, 0.5) is 5.69 Å². The normalized spacial score (nSPS) is 12.2. The maximum atomic E-state index is 14.0. The number of nitrogens with one attached hydrogen (secondary N) is 1. The average molecular weight is 591 g/mol. The highest BCUT2D eigenvalue weighted by Crippen LogP contribution is 2.30. The largest absolute Gasteiger partial charge is 0.352 e. The smallest absolute Gasteiger partial charge is 0.264 e. The van der Waals surface area contributed by atoms with Crippen LogP contribution in [0.25, 0.3) is 0 Å². The Morgan fingerprint density at radius 1 is 0.897 bits per heavy atom. The number of aryl methyl sites for hydroxylation is 2. The van der Waals surface area contributed by atoms with Gasteiger partial charge in [0.2, 0.25) is 11.8 Å². The number of hydrogen-bond acceptors (Lipinski definition) is 4. The Balaban J connectivity index is 2.09. The number of carbonyl (C=O) groups is 2. The van der Waals surface area contributed by atoms with E-state index < -0.39 is 28.5 Å². The predicted molar refractivity (Wildman–Crippen MR) is 157 cm³/mol. The fraction of sp³-hybridized carbons (Fsp3) is 0.310. The number of benzene rings is 3. The molecule has 0 aliphatic carbocycles. The van der Waals surface area contributed by atoms with Crippen molar-refractivity contribution in [3.05, 3.63) is 93.5 Å². The molecule has 208 valence electrons. The van der Waals surface area contributed by atoms with Crippen LogP contribution in [0.1, 0.15) is 37.5 Å². The molecule has 1 N–H and O–H groups in total. The third kappa shape index (κ3) is 7.32. The van der Waals surface area contributed by atoms with E-state index in [1.807, 2.05) is 26.8 Å². The van der Waals surface area contributed by atoms with E-state index in [2.05, 4.69) is 5.32 Å². The van der Waals surface area contributed by atoms with Gasteiger partial charge in [-0.3, -0.25) is 13.9 Å². The fourth-order valence-corrected chi connectivity index (χ4v) is 6.18. The highest BCUT2D eigenvalue weighted by molar-refractivity contribution is 7.92. The second-order valence-corrected chi connectivity index (χ2v) is 12.4. The summed E-state index contributed by atoms with van der Waals surface area (Å²) in [6, 6.07) is 17.1. The summed E-state index contributed by atoms with van der Waals surface area (Å²) < 4.78 is 28.8. The van der Waals surface area contributed by atoms with Crippen LogP contribution in [0.3, 0.4) is 0 Å². The standard InChI is InChI=1S/C29H33Cl2N3O4S/c1-19(2)32-29(36)22(5)33(17-24-25(30)12-9-13-26(24)31)28(35)18-34(27-15-14-20(3)16-21(27)4)39(37,38)23-10-7-6-8-11-23/h6-16,19,22H,17-18H2,1-5H3,(H,32,36)/t22-/m0/s1. The molecule has 0 saturated carbocycles. The maximum absolute atomic E-state index is 14.0. The zero-order valence-electron chi connectivity index (χ0n) is 22.6. The second kappa shape index (κ2) is 12.9. The number of halogens is 2. The van der Waals surface area contributed by atoms with Gasteiger partial charge in [0.15, 0.2) is 0 Å². The van der Waals surface area contributed by atoms with Crippen LogP contribution in [0.5, 0.6) is 0 Å². The van der Waals surface area contributed by atoms with Crippen LogP contribution in [0.15, 0.2) is 71.6 Å². The van der Waals surface area contributed by atoms with E-state index in [9.17, 15) is 18.0 Å². The zero-order chi connectivity index (χ0) is 28.9. The molecule has 0 spiro atoms. The third-order valence-electron chi connectivity index (χ3n) is 6.22. The molecule has 7 nitrogen and oxygen atoms in total. The number of rotatable bonds is 10. The minimum atomic E-state index is -4.14. The van der Waals surface area contributed by atoms with Gasteiger partial charge in [0.1, 0.15) is 12.6 Å². The lowest BCUT2D eigenvalue weighted by Gasteiger charge is -2.33. The van der Waals surface area contributed by atoms with E-state index in [-0.39, 0.29) is 23.4 Å². The fourth-order valence-electron chi connectivity index (χ4n) is 4.16. The van der Waals surface area contributed by atoms with Gasteiger partial charge in [0.05, 0.1) is 10.6 Å². The van der Waals surface area contributed by atoms with E-state index in [0.717, 1.165) is 9.87 Å². The van der Waals surface area contributed by atoms with Gasteiger partial charge in [-0.1, -0.05) is 65.2 Å². The minimum absolute atomic E-state index is 0.0454. The van der Waals surface area contributed by atoms with Gasteiger partial charge in [0.25, 0.3) is 10.0 Å². The van der Waals surface area contributed by atoms with E-state index in [0.29, 0.717) is 26.9 Å². The maximum Gasteiger partial charge on any atom is 0.264 e. The van der Waals surface area contributed by atoms with Crippen molar-refractivity contribution >= 4 is 50.7 Å². The molecule has 0 aliphatic rings. The van der Waals surface area contributed by atoms with E-state index in [1.54, 1.807) is 62.4 Å². The van der Waals surface area contributed by atoms with Gasteiger partial charge in [-0.2, -0.15) is 0 Å². The summed E-state index contributed by atoms with van der Waals surface area (Å²) in [7, 11) is -4.14. The van der Waals surface area contributed by atoms with Crippen molar-refractivity contribution in [2.24, 2.45) is 0 Å². The first kappa shape index (κ1) is 30.5. The molecule has 0 fully saturated rings. The molecule has 39 heavy (non-hydrogen) atoms. The third-order valence-corrected chi connectivity index (χ3v) is 8.70. The van der Waals surface area contributed by atoms with Gasteiger partial charge < -0.3 is 10.2 Å². The lowest BCUT2D eigenvalue weighted by molar-refractivity contribution is -0.139. The minimum Gasteiger partial charge on any atom is -0.352 e. The Morgan fingerprint density at radius 3 is 2.08 bits per heavy atom. The van der Waals surface area contributed by atoms with Crippen molar-refractivity contribution in [2.75, 3.05) is 10.8 Å². The van der Waals surface area contributed by atoms with E-state index >= 15 is 0 Å². The summed E-state index contributed by atoms with van der Waals surface area (Å²) in [4.78, 5) is 28.4. The van der Waals surface area contributed by atoms with Crippen LogP contribution in [-0.4, -0.2) is 43.8 Å². The Bertz CT molecular complexity index is 1430. The predicted octanol–water partition coefficient (Wildman–Crippen LogP) is 5.75. The number of anilines is 1. The highest BCUT2D eigenvalue weighted by atomic mass is 35.5. The molecule has 0 heterocycles. The van der Waals surface area contributed by atoms with Gasteiger partial charge in [-0.05, 0) is 70.5 Å². The average Bonchev–Trinajstić information content (AvgIpc) is 2.87. The van der Waals surface area contributed by atoms with E-state index in [4.69, 9.17) is 23.2 Å². The molecule has 0 aliphatic heterocycles. The summed E-state index contributed by atoms with van der Waals surface area (Å²) in [5.41, 5.74) is 2.47. The quantitative estimate of drug-likeness (QED) is 0.326. The number of sulfonamides is 1. The van der Waals surface area contributed by atoms with Crippen LogP contribution in [0, 0.1) is 13.8 Å². The molecule has 0 bridgehead atoms. The van der Waals surface area contributed by atoms with Crippen molar-refractivity contribution in [1.82, 2.24) is 10.2 Å². The summed E-state index contributed by atoms with van der Waals surface area (Å²) in [5, 5.41) is 3.49. The molecule has 0 unspecified atom stereocenters. The molecule has 3 rings (SSSR count). The van der Waals surface area contributed by atoms with Crippen molar-refractivity contribution < 1.29 is 18.0 Å². The Kier molecular flexibility index (Phi) is 10.0. The molecular formula is C29H33Cl2N3O4S. The Hall–Kier alpha value is -3.07. The summed E-state index contributed by atoms with van der Waals surface area (Å²) in [6.45, 7) is 8.29. The van der Waals surface area contributed by atoms with Gasteiger partial charge in [-0.15, -0.1) is 0 Å². The van der Waals surface area contributed by atoms with Crippen LogP contribution < -0.4 is 9.62 Å². The molecule has 3 aromatic carbocycles. The van der Waals surface area contributed by atoms with Crippen LogP contribution in [-0.2, 0) is 26.2 Å². The number of carbonyl (C=O) groups excluding carboxylic acids is 2. The SMILES string of the molecule is Cc1ccc(N(CC(=O)N(Cc2c(Cl)cccc2Cl)[C@@H](C)C(=O)NC(C)C)S(=O)(=O)c2ccccc2)c(C)c1. The molecular weight excluding hydrogens is 557 g/mol. The second-order valence-electron chi connectivity index (χ2n) is 9.68. The number of amides is 2. The van der Waals surface area contributed by atoms with E-state index in [1.165, 1.54) is 17.0 Å². The van der Waals surface area contributed by atoms with Crippen molar-refractivity contribution in [1.29, 1.82) is 0 Å². The van der Waals surface area contributed by atoms with Crippen molar-refractivity contribution in [3.8, 4) is 0 Å². The van der Waals surface area contributed by atoms with Crippen molar-refractivity contribution in [3.63, 3.8) is 0 Å². The molecule has 2 amide bonds. The molecule has 1 atom stereocenters. The molecule has 0 aromatic heterocycles. The zero-order valence-corrected chi connectivity index (χ0v) is 24.9.